The first kappa shape index (κ1) is 12.0. The highest BCUT2D eigenvalue weighted by Crippen LogP contribution is 2.12. The highest BCUT2D eigenvalue weighted by molar-refractivity contribution is 7.07. The Labute approximate surface area is 103 Å². The molecule has 2 heterocycles. The Balaban J connectivity index is 2.08. The van der Waals surface area contributed by atoms with Crippen molar-refractivity contribution in [3.63, 3.8) is 0 Å². The van der Waals surface area contributed by atoms with Crippen LogP contribution in [0.25, 0.3) is 0 Å². The molecular formula is C10H14N4O2S. The number of thiazole rings is 1. The highest BCUT2D eigenvalue weighted by atomic mass is 32.1. The molecule has 0 unspecified atom stereocenters. The van der Waals surface area contributed by atoms with Gasteiger partial charge < -0.3 is 10.6 Å². The fraction of sp³-hybridized carbons (Fsp3) is 0.500. The molecule has 1 aliphatic heterocycles. The third-order valence-corrected chi connectivity index (χ3v) is 3.50. The molecule has 2 amide bonds. The van der Waals surface area contributed by atoms with Crippen LogP contribution in [0.4, 0.5) is 0 Å². The number of carbonyl (C=O) groups is 2. The zero-order valence-corrected chi connectivity index (χ0v) is 10.3. The van der Waals surface area contributed by atoms with E-state index in [-0.39, 0.29) is 5.91 Å². The minimum atomic E-state index is -0.411. The number of likely N-dealkylation sites (N-methyl/N-ethyl adjacent to an activating group) is 1. The van der Waals surface area contributed by atoms with Crippen molar-refractivity contribution in [3.05, 3.63) is 16.6 Å². The number of nitrogens with zero attached hydrogens (tertiary/aromatic N) is 3. The average molecular weight is 254 g/mol. The zero-order chi connectivity index (χ0) is 12.4. The molecule has 1 aromatic heterocycles. The van der Waals surface area contributed by atoms with E-state index in [1.165, 1.54) is 11.3 Å². The number of rotatable bonds is 2. The molecule has 6 nitrogen and oxygen atoms in total. The van der Waals surface area contributed by atoms with Crippen molar-refractivity contribution in [1.82, 2.24) is 14.8 Å². The van der Waals surface area contributed by atoms with Gasteiger partial charge in [-0.25, -0.2) is 4.98 Å². The maximum Gasteiger partial charge on any atom is 0.273 e. The normalized spacial score (nSPS) is 21.5. The van der Waals surface area contributed by atoms with Crippen LogP contribution in [0.15, 0.2) is 10.9 Å². The van der Waals surface area contributed by atoms with Crippen LogP contribution in [0, 0.1) is 0 Å². The molecule has 0 aliphatic carbocycles. The Bertz CT molecular complexity index is 420. The second-order valence-corrected chi connectivity index (χ2v) is 4.74. The maximum atomic E-state index is 12.0. The second kappa shape index (κ2) is 4.80. The van der Waals surface area contributed by atoms with Crippen molar-refractivity contribution < 1.29 is 9.59 Å². The standard InChI is InChI=1S/C10H14N4O2S/c1-13-2-3-14(4-8(13)9(11)15)10(16)7-5-17-6-12-7/h5-6,8H,2-4H2,1H3,(H2,11,15)/t8-/m0/s1. The third-order valence-electron chi connectivity index (χ3n) is 2.92. The smallest absolute Gasteiger partial charge is 0.273 e. The van der Waals surface area contributed by atoms with Crippen molar-refractivity contribution in [3.8, 4) is 0 Å². The Kier molecular flexibility index (Phi) is 3.39. The average Bonchev–Trinajstić information content (AvgIpc) is 2.81. The van der Waals surface area contributed by atoms with Crippen LogP contribution in [-0.4, -0.2) is 59.3 Å². The van der Waals surface area contributed by atoms with Gasteiger partial charge in [0, 0.05) is 25.0 Å². The first-order chi connectivity index (χ1) is 8.09. The Morgan fingerprint density at radius 2 is 2.29 bits per heavy atom. The van der Waals surface area contributed by atoms with Gasteiger partial charge in [-0.1, -0.05) is 0 Å². The SMILES string of the molecule is CN1CCN(C(=O)c2cscn2)C[C@H]1C(N)=O. The lowest BCUT2D eigenvalue weighted by Gasteiger charge is -2.37. The maximum absolute atomic E-state index is 12.0. The third kappa shape index (κ3) is 2.45. The number of piperazine rings is 1. The molecular weight excluding hydrogens is 240 g/mol. The van der Waals surface area contributed by atoms with Crippen LogP contribution >= 0.6 is 11.3 Å². The summed E-state index contributed by atoms with van der Waals surface area (Å²) in [4.78, 5) is 30.8. The summed E-state index contributed by atoms with van der Waals surface area (Å²) in [6.07, 6.45) is 0. The molecule has 1 fully saturated rings. The van der Waals surface area contributed by atoms with Crippen molar-refractivity contribution in [1.29, 1.82) is 0 Å². The van der Waals surface area contributed by atoms with E-state index in [9.17, 15) is 9.59 Å². The number of carbonyl (C=O) groups excluding carboxylic acids is 2. The molecule has 1 saturated heterocycles. The van der Waals surface area contributed by atoms with E-state index >= 15 is 0 Å². The van der Waals surface area contributed by atoms with Gasteiger partial charge in [-0.2, -0.15) is 0 Å². The quantitative estimate of drug-likeness (QED) is 0.763. The van der Waals surface area contributed by atoms with Crippen molar-refractivity contribution in [2.45, 2.75) is 6.04 Å². The topological polar surface area (TPSA) is 79.5 Å². The fourth-order valence-electron chi connectivity index (χ4n) is 1.85. The molecule has 0 aromatic carbocycles. The second-order valence-electron chi connectivity index (χ2n) is 4.02. The molecule has 0 bridgehead atoms. The fourth-order valence-corrected chi connectivity index (χ4v) is 2.37. The van der Waals surface area contributed by atoms with Gasteiger partial charge in [0.2, 0.25) is 5.91 Å². The van der Waals surface area contributed by atoms with E-state index in [4.69, 9.17) is 5.73 Å². The molecule has 2 N–H and O–H groups in total. The van der Waals surface area contributed by atoms with Crippen molar-refractivity contribution >= 4 is 23.2 Å². The monoisotopic (exact) mass is 254 g/mol. The predicted molar refractivity (Wildman–Crippen MR) is 63.6 cm³/mol. The summed E-state index contributed by atoms with van der Waals surface area (Å²) in [7, 11) is 1.83. The number of amides is 2. The molecule has 7 heteroatoms. The van der Waals surface area contributed by atoms with E-state index in [2.05, 4.69) is 4.98 Å². The molecule has 92 valence electrons. The summed E-state index contributed by atoms with van der Waals surface area (Å²) < 4.78 is 0. The van der Waals surface area contributed by atoms with Crippen LogP contribution in [-0.2, 0) is 4.79 Å². The molecule has 0 saturated carbocycles. The minimum absolute atomic E-state index is 0.134. The Morgan fingerprint density at radius 1 is 1.53 bits per heavy atom. The van der Waals surface area contributed by atoms with Crippen LogP contribution < -0.4 is 5.73 Å². The van der Waals surface area contributed by atoms with Gasteiger partial charge in [0.15, 0.2) is 0 Å². The first-order valence-electron chi connectivity index (χ1n) is 5.26. The van der Waals surface area contributed by atoms with E-state index in [0.717, 1.165) is 0 Å². The van der Waals surface area contributed by atoms with Crippen LogP contribution in [0.3, 0.4) is 0 Å². The summed E-state index contributed by atoms with van der Waals surface area (Å²) in [5, 5.41) is 1.71. The van der Waals surface area contributed by atoms with Gasteiger partial charge in [-0.05, 0) is 7.05 Å². The number of primary amides is 1. The van der Waals surface area contributed by atoms with E-state index in [0.29, 0.717) is 25.3 Å². The van der Waals surface area contributed by atoms with Gasteiger partial charge in [-0.3, -0.25) is 14.5 Å². The summed E-state index contributed by atoms with van der Waals surface area (Å²) in [6, 6.07) is -0.411. The summed E-state index contributed by atoms with van der Waals surface area (Å²) >= 11 is 1.38. The van der Waals surface area contributed by atoms with Gasteiger partial charge in [-0.15, -0.1) is 11.3 Å². The van der Waals surface area contributed by atoms with Gasteiger partial charge in [0.05, 0.1) is 5.51 Å². The number of aromatic nitrogens is 1. The van der Waals surface area contributed by atoms with Crippen LogP contribution in [0.1, 0.15) is 10.5 Å². The first-order valence-corrected chi connectivity index (χ1v) is 6.21. The number of hydrogen-bond donors (Lipinski definition) is 1. The van der Waals surface area contributed by atoms with Gasteiger partial charge >= 0.3 is 0 Å². The molecule has 2 rings (SSSR count). The predicted octanol–water partition coefficient (Wildman–Crippen LogP) is -0.615. The summed E-state index contributed by atoms with van der Waals surface area (Å²) in [5.74, 6) is -0.533. The lowest BCUT2D eigenvalue weighted by molar-refractivity contribution is -0.124. The van der Waals surface area contributed by atoms with Gasteiger partial charge in [0.1, 0.15) is 11.7 Å². The van der Waals surface area contributed by atoms with Crippen LogP contribution in [0.5, 0.6) is 0 Å². The lowest BCUT2D eigenvalue weighted by atomic mass is 10.1. The van der Waals surface area contributed by atoms with Crippen molar-refractivity contribution in [2.75, 3.05) is 26.7 Å². The summed E-state index contributed by atoms with van der Waals surface area (Å²) in [6.45, 7) is 1.57. The Hall–Kier alpha value is -1.47. The highest BCUT2D eigenvalue weighted by Gasteiger charge is 2.31. The van der Waals surface area contributed by atoms with Crippen molar-refractivity contribution in [2.24, 2.45) is 5.73 Å². The summed E-state index contributed by atoms with van der Waals surface area (Å²) in [5.41, 5.74) is 7.36. The van der Waals surface area contributed by atoms with Gasteiger partial charge in [0.25, 0.3) is 5.91 Å². The largest absolute Gasteiger partial charge is 0.368 e. The van der Waals surface area contributed by atoms with E-state index < -0.39 is 11.9 Å². The van der Waals surface area contributed by atoms with Crippen LogP contribution in [0.2, 0.25) is 0 Å². The van der Waals surface area contributed by atoms with E-state index in [1.54, 1.807) is 15.8 Å². The molecule has 1 aromatic rings. The lowest BCUT2D eigenvalue weighted by Crippen LogP contribution is -2.57. The number of nitrogens with two attached hydrogens (primary N) is 1. The molecule has 0 radical (unpaired) electrons. The molecule has 0 spiro atoms. The minimum Gasteiger partial charge on any atom is -0.368 e. The van der Waals surface area contributed by atoms with E-state index in [1.807, 2.05) is 11.9 Å². The molecule has 1 aliphatic rings. The zero-order valence-electron chi connectivity index (χ0n) is 9.50. The molecule has 1 atom stereocenters. The molecule has 17 heavy (non-hydrogen) atoms. The Morgan fingerprint density at radius 3 is 2.88 bits per heavy atom. The number of hydrogen-bond acceptors (Lipinski definition) is 5.